The molecular weight excluding hydrogens is 280 g/mol. The Bertz CT molecular complexity index is 593. The zero-order valence-corrected chi connectivity index (χ0v) is 13.7. The highest BCUT2D eigenvalue weighted by atomic mass is 35.5. The van der Waals surface area contributed by atoms with Crippen LogP contribution in [0.1, 0.15) is 28.3 Å². The molecule has 2 rings (SSSR count). The standard InChI is InChI=1S/C18H23ClN2/c1-13-5-4-6-17(14(13)2)18(11-20)21(3)12-15-7-9-16(19)10-8-15/h4-10,18H,11-12,20H2,1-3H3. The van der Waals surface area contributed by atoms with Crippen molar-refractivity contribution in [3.05, 3.63) is 69.7 Å². The van der Waals surface area contributed by atoms with E-state index in [0.29, 0.717) is 6.54 Å². The van der Waals surface area contributed by atoms with Gasteiger partial charge in [-0.25, -0.2) is 0 Å². The summed E-state index contributed by atoms with van der Waals surface area (Å²) in [6.45, 7) is 5.77. The van der Waals surface area contributed by atoms with E-state index in [1.54, 1.807) is 0 Å². The molecule has 1 unspecified atom stereocenters. The van der Waals surface area contributed by atoms with Gasteiger partial charge in [0.2, 0.25) is 0 Å². The Balaban J connectivity index is 2.20. The summed E-state index contributed by atoms with van der Waals surface area (Å²) in [5.74, 6) is 0. The predicted octanol–water partition coefficient (Wildman–Crippen LogP) is 4.09. The molecule has 0 fully saturated rings. The van der Waals surface area contributed by atoms with Gasteiger partial charge in [-0.2, -0.15) is 0 Å². The molecule has 0 aromatic heterocycles. The number of likely N-dealkylation sites (N-methyl/N-ethyl adjacent to an activating group) is 1. The number of halogens is 1. The topological polar surface area (TPSA) is 29.3 Å². The summed E-state index contributed by atoms with van der Waals surface area (Å²) in [4.78, 5) is 2.30. The minimum atomic E-state index is 0.223. The number of benzene rings is 2. The van der Waals surface area contributed by atoms with Crippen molar-refractivity contribution in [2.24, 2.45) is 5.73 Å². The van der Waals surface area contributed by atoms with Crippen molar-refractivity contribution in [1.29, 1.82) is 0 Å². The van der Waals surface area contributed by atoms with Crippen LogP contribution in [0.25, 0.3) is 0 Å². The SMILES string of the molecule is Cc1cccc(C(CN)N(C)Cc2ccc(Cl)cc2)c1C. The molecule has 2 aromatic carbocycles. The molecule has 0 aliphatic carbocycles. The first kappa shape index (κ1) is 16.0. The third kappa shape index (κ3) is 3.85. The lowest BCUT2D eigenvalue weighted by Crippen LogP contribution is -2.30. The molecule has 0 aliphatic heterocycles. The average molecular weight is 303 g/mol. The molecule has 0 aliphatic rings. The van der Waals surface area contributed by atoms with Gasteiger partial charge in [-0.3, -0.25) is 4.90 Å². The molecular formula is C18H23ClN2. The van der Waals surface area contributed by atoms with E-state index in [4.69, 9.17) is 17.3 Å². The first-order chi connectivity index (χ1) is 10.0. The van der Waals surface area contributed by atoms with Crippen molar-refractivity contribution >= 4 is 11.6 Å². The van der Waals surface area contributed by atoms with Crippen molar-refractivity contribution < 1.29 is 0 Å². The normalized spacial score (nSPS) is 12.7. The Morgan fingerprint density at radius 1 is 1.10 bits per heavy atom. The van der Waals surface area contributed by atoms with Crippen LogP contribution < -0.4 is 5.73 Å². The summed E-state index contributed by atoms with van der Waals surface area (Å²) in [5.41, 5.74) is 11.2. The van der Waals surface area contributed by atoms with Gasteiger partial charge >= 0.3 is 0 Å². The molecule has 0 saturated heterocycles. The van der Waals surface area contributed by atoms with Crippen molar-refractivity contribution in [2.75, 3.05) is 13.6 Å². The molecule has 0 radical (unpaired) electrons. The van der Waals surface area contributed by atoms with Gasteiger partial charge in [0, 0.05) is 24.2 Å². The third-order valence-corrected chi connectivity index (χ3v) is 4.36. The highest BCUT2D eigenvalue weighted by molar-refractivity contribution is 6.30. The molecule has 0 saturated carbocycles. The fraction of sp³-hybridized carbons (Fsp3) is 0.333. The predicted molar refractivity (Wildman–Crippen MR) is 90.6 cm³/mol. The van der Waals surface area contributed by atoms with Crippen LogP contribution in [0.3, 0.4) is 0 Å². The van der Waals surface area contributed by atoms with E-state index in [9.17, 15) is 0 Å². The summed E-state index contributed by atoms with van der Waals surface area (Å²) in [7, 11) is 2.12. The van der Waals surface area contributed by atoms with Crippen LogP contribution in [0.5, 0.6) is 0 Å². The van der Waals surface area contributed by atoms with Crippen molar-refractivity contribution in [2.45, 2.75) is 26.4 Å². The van der Waals surface area contributed by atoms with Gasteiger partial charge in [0.25, 0.3) is 0 Å². The van der Waals surface area contributed by atoms with E-state index < -0.39 is 0 Å². The zero-order valence-electron chi connectivity index (χ0n) is 12.9. The van der Waals surface area contributed by atoms with Gasteiger partial charge in [-0.1, -0.05) is 41.9 Å². The maximum Gasteiger partial charge on any atom is 0.0473 e. The Morgan fingerprint density at radius 3 is 2.38 bits per heavy atom. The number of hydrogen-bond acceptors (Lipinski definition) is 2. The first-order valence-corrected chi connectivity index (χ1v) is 7.61. The van der Waals surface area contributed by atoms with Crippen molar-refractivity contribution in [3.8, 4) is 0 Å². The molecule has 0 spiro atoms. The van der Waals surface area contributed by atoms with E-state index in [1.165, 1.54) is 22.3 Å². The Morgan fingerprint density at radius 2 is 1.76 bits per heavy atom. The van der Waals surface area contributed by atoms with Crippen LogP contribution in [0.15, 0.2) is 42.5 Å². The van der Waals surface area contributed by atoms with Gasteiger partial charge in [0.05, 0.1) is 0 Å². The summed E-state index contributed by atoms with van der Waals surface area (Å²) in [5, 5.41) is 0.770. The molecule has 21 heavy (non-hydrogen) atoms. The number of aryl methyl sites for hydroxylation is 1. The molecule has 2 aromatic rings. The minimum absolute atomic E-state index is 0.223. The van der Waals surface area contributed by atoms with E-state index in [0.717, 1.165) is 11.6 Å². The summed E-state index contributed by atoms with van der Waals surface area (Å²) < 4.78 is 0. The maximum atomic E-state index is 6.04. The summed E-state index contributed by atoms with van der Waals surface area (Å²) >= 11 is 5.94. The molecule has 2 N–H and O–H groups in total. The van der Waals surface area contributed by atoms with Crippen LogP contribution in [-0.2, 0) is 6.54 Å². The van der Waals surface area contributed by atoms with Gasteiger partial charge in [0.15, 0.2) is 0 Å². The fourth-order valence-electron chi connectivity index (χ4n) is 2.67. The Hall–Kier alpha value is -1.35. The summed E-state index contributed by atoms with van der Waals surface area (Å²) in [6, 6.07) is 14.6. The highest BCUT2D eigenvalue weighted by Crippen LogP contribution is 2.25. The molecule has 3 heteroatoms. The largest absolute Gasteiger partial charge is 0.329 e. The second-order valence-electron chi connectivity index (χ2n) is 5.58. The molecule has 1 atom stereocenters. The molecule has 0 heterocycles. The Labute approximate surface area is 132 Å². The van der Waals surface area contributed by atoms with E-state index in [1.807, 2.05) is 12.1 Å². The molecule has 112 valence electrons. The smallest absolute Gasteiger partial charge is 0.0473 e. The van der Waals surface area contributed by atoms with Gasteiger partial charge in [-0.15, -0.1) is 0 Å². The summed E-state index contributed by atoms with van der Waals surface area (Å²) in [6.07, 6.45) is 0. The average Bonchev–Trinajstić information content (AvgIpc) is 2.47. The van der Waals surface area contributed by atoms with E-state index >= 15 is 0 Å². The Kier molecular flexibility index (Phi) is 5.40. The monoisotopic (exact) mass is 302 g/mol. The molecule has 0 bridgehead atoms. The van der Waals surface area contributed by atoms with Crippen LogP contribution in [-0.4, -0.2) is 18.5 Å². The van der Waals surface area contributed by atoms with Crippen LogP contribution in [0.4, 0.5) is 0 Å². The van der Waals surface area contributed by atoms with Crippen molar-refractivity contribution in [1.82, 2.24) is 4.90 Å². The number of nitrogens with zero attached hydrogens (tertiary/aromatic N) is 1. The van der Waals surface area contributed by atoms with Crippen molar-refractivity contribution in [3.63, 3.8) is 0 Å². The third-order valence-electron chi connectivity index (χ3n) is 4.11. The lowest BCUT2D eigenvalue weighted by molar-refractivity contribution is 0.241. The van der Waals surface area contributed by atoms with E-state index in [-0.39, 0.29) is 6.04 Å². The van der Waals surface area contributed by atoms with Gasteiger partial charge in [-0.05, 0) is 55.3 Å². The quantitative estimate of drug-likeness (QED) is 0.901. The number of hydrogen-bond donors (Lipinski definition) is 1. The second-order valence-corrected chi connectivity index (χ2v) is 6.02. The van der Waals surface area contributed by atoms with Crippen LogP contribution >= 0.6 is 11.6 Å². The minimum Gasteiger partial charge on any atom is -0.329 e. The zero-order chi connectivity index (χ0) is 15.4. The number of rotatable bonds is 5. The lowest BCUT2D eigenvalue weighted by Gasteiger charge is -2.29. The maximum absolute atomic E-state index is 6.04. The molecule has 2 nitrogen and oxygen atoms in total. The lowest BCUT2D eigenvalue weighted by atomic mass is 9.96. The second kappa shape index (κ2) is 7.08. The van der Waals surface area contributed by atoms with Crippen LogP contribution in [0, 0.1) is 13.8 Å². The fourth-order valence-corrected chi connectivity index (χ4v) is 2.79. The van der Waals surface area contributed by atoms with Gasteiger partial charge < -0.3 is 5.73 Å². The van der Waals surface area contributed by atoms with Crippen LogP contribution in [0.2, 0.25) is 5.02 Å². The highest BCUT2D eigenvalue weighted by Gasteiger charge is 2.18. The number of nitrogens with two attached hydrogens (primary N) is 1. The van der Waals surface area contributed by atoms with E-state index in [2.05, 4.69) is 56.1 Å². The van der Waals surface area contributed by atoms with Gasteiger partial charge in [0.1, 0.15) is 0 Å². The molecule has 0 amide bonds. The first-order valence-electron chi connectivity index (χ1n) is 7.23.